The van der Waals surface area contributed by atoms with Crippen LogP contribution in [0.15, 0.2) is 30.3 Å². The van der Waals surface area contributed by atoms with Crippen molar-refractivity contribution in [3.8, 4) is 0 Å². The number of amides is 1. The molecule has 96 valence electrons. The summed E-state index contributed by atoms with van der Waals surface area (Å²) in [6, 6.07) is 9.35. The second-order valence-electron chi connectivity index (χ2n) is 3.97. The van der Waals surface area contributed by atoms with Crippen LogP contribution >= 0.6 is 0 Å². The SMILES string of the molecule is CC(=O)ON1C(=O)CC1S(=O)Cc1ccccc1. The minimum atomic E-state index is -1.27. The number of carbonyl (C=O) groups excluding carboxylic acids is 2. The van der Waals surface area contributed by atoms with Crippen LogP contribution in [0, 0.1) is 0 Å². The molecule has 0 spiro atoms. The number of benzene rings is 1. The van der Waals surface area contributed by atoms with Crippen molar-refractivity contribution in [3.05, 3.63) is 35.9 Å². The first-order valence-electron chi connectivity index (χ1n) is 5.49. The fraction of sp³-hybridized carbons (Fsp3) is 0.333. The van der Waals surface area contributed by atoms with Gasteiger partial charge in [-0.3, -0.25) is 13.8 Å². The Labute approximate surface area is 107 Å². The molecular formula is C12H13NO4S. The number of rotatable bonds is 4. The summed E-state index contributed by atoms with van der Waals surface area (Å²) >= 11 is 0. The van der Waals surface area contributed by atoms with Gasteiger partial charge in [0.2, 0.25) is 0 Å². The monoisotopic (exact) mass is 267 g/mol. The predicted octanol–water partition coefficient (Wildman–Crippen LogP) is 0.972. The Bertz CT molecular complexity index is 488. The van der Waals surface area contributed by atoms with Crippen molar-refractivity contribution in [3.63, 3.8) is 0 Å². The third-order valence-electron chi connectivity index (χ3n) is 2.54. The summed E-state index contributed by atoms with van der Waals surface area (Å²) in [6.45, 7) is 1.21. The van der Waals surface area contributed by atoms with E-state index in [0.29, 0.717) is 5.75 Å². The lowest BCUT2D eigenvalue weighted by Gasteiger charge is -2.36. The molecule has 2 unspecified atom stereocenters. The fourth-order valence-corrected chi connectivity index (χ4v) is 3.07. The van der Waals surface area contributed by atoms with E-state index in [2.05, 4.69) is 0 Å². The molecular weight excluding hydrogens is 254 g/mol. The molecule has 0 N–H and O–H groups in total. The minimum absolute atomic E-state index is 0.159. The second kappa shape index (κ2) is 5.30. The molecule has 2 atom stereocenters. The lowest BCUT2D eigenvalue weighted by molar-refractivity contribution is -0.215. The Kier molecular flexibility index (Phi) is 3.76. The van der Waals surface area contributed by atoms with Gasteiger partial charge in [0, 0.05) is 6.92 Å². The average molecular weight is 267 g/mol. The number of hydrogen-bond acceptors (Lipinski definition) is 4. The van der Waals surface area contributed by atoms with Crippen molar-refractivity contribution in [1.29, 1.82) is 0 Å². The van der Waals surface area contributed by atoms with Crippen LogP contribution in [0.2, 0.25) is 0 Å². The third kappa shape index (κ3) is 2.76. The lowest BCUT2D eigenvalue weighted by atomic mass is 10.2. The van der Waals surface area contributed by atoms with Crippen LogP contribution < -0.4 is 0 Å². The van der Waals surface area contributed by atoms with Gasteiger partial charge < -0.3 is 4.84 Å². The van der Waals surface area contributed by atoms with E-state index in [-0.39, 0.29) is 12.3 Å². The molecule has 1 fully saturated rings. The Balaban J connectivity index is 1.98. The van der Waals surface area contributed by atoms with Crippen LogP contribution in [0.3, 0.4) is 0 Å². The zero-order valence-electron chi connectivity index (χ0n) is 9.87. The van der Waals surface area contributed by atoms with Crippen LogP contribution in [0.25, 0.3) is 0 Å². The van der Waals surface area contributed by atoms with Crippen LogP contribution in [-0.2, 0) is 31.0 Å². The summed E-state index contributed by atoms with van der Waals surface area (Å²) in [6.07, 6.45) is 0.159. The highest BCUT2D eigenvalue weighted by Gasteiger charge is 2.43. The molecule has 1 aliphatic rings. The Morgan fingerprint density at radius 2 is 2.11 bits per heavy atom. The van der Waals surface area contributed by atoms with Crippen LogP contribution in [0.1, 0.15) is 18.9 Å². The zero-order valence-corrected chi connectivity index (χ0v) is 10.7. The first-order chi connectivity index (χ1) is 8.58. The Morgan fingerprint density at radius 1 is 1.44 bits per heavy atom. The van der Waals surface area contributed by atoms with E-state index in [4.69, 9.17) is 4.84 Å². The molecule has 0 aliphatic carbocycles. The lowest BCUT2D eigenvalue weighted by Crippen LogP contribution is -2.55. The smallest absolute Gasteiger partial charge is 0.329 e. The number of hydrogen-bond donors (Lipinski definition) is 0. The predicted molar refractivity (Wildman–Crippen MR) is 65.3 cm³/mol. The maximum Gasteiger partial charge on any atom is 0.329 e. The summed E-state index contributed by atoms with van der Waals surface area (Å²) in [7, 11) is -1.27. The molecule has 1 aromatic rings. The van der Waals surface area contributed by atoms with E-state index in [9.17, 15) is 13.8 Å². The molecule has 0 bridgehead atoms. The molecule has 1 heterocycles. The van der Waals surface area contributed by atoms with Crippen LogP contribution in [0.4, 0.5) is 0 Å². The summed E-state index contributed by atoms with van der Waals surface area (Å²) in [4.78, 5) is 26.8. The van der Waals surface area contributed by atoms with Gasteiger partial charge in [0.25, 0.3) is 5.91 Å². The normalized spacial score (nSPS) is 20.2. The molecule has 1 amide bonds. The van der Waals surface area contributed by atoms with Crippen molar-refractivity contribution < 1.29 is 18.6 Å². The maximum atomic E-state index is 12.1. The molecule has 2 rings (SSSR count). The third-order valence-corrected chi connectivity index (χ3v) is 4.12. The number of hydroxylamine groups is 2. The molecule has 1 aromatic carbocycles. The topological polar surface area (TPSA) is 63.7 Å². The van der Waals surface area contributed by atoms with Crippen molar-refractivity contribution in [2.24, 2.45) is 0 Å². The Hall–Kier alpha value is -1.69. The summed E-state index contributed by atoms with van der Waals surface area (Å²) in [5.41, 5.74) is 0.929. The zero-order chi connectivity index (χ0) is 13.1. The van der Waals surface area contributed by atoms with E-state index in [1.807, 2.05) is 30.3 Å². The molecule has 1 saturated heterocycles. The highest BCUT2D eigenvalue weighted by atomic mass is 32.2. The maximum absolute atomic E-state index is 12.1. The number of nitrogens with zero attached hydrogens (tertiary/aromatic N) is 1. The quantitative estimate of drug-likeness (QED) is 0.763. The van der Waals surface area contributed by atoms with E-state index in [1.165, 1.54) is 6.92 Å². The molecule has 0 aromatic heterocycles. The summed E-state index contributed by atoms with van der Waals surface area (Å²) < 4.78 is 12.1. The highest BCUT2D eigenvalue weighted by Crippen LogP contribution is 2.24. The molecule has 6 heteroatoms. The van der Waals surface area contributed by atoms with Gasteiger partial charge in [0.15, 0.2) is 5.37 Å². The van der Waals surface area contributed by atoms with Crippen molar-refractivity contribution >= 4 is 22.7 Å². The van der Waals surface area contributed by atoms with Gasteiger partial charge in [-0.05, 0) is 5.56 Å². The molecule has 0 radical (unpaired) electrons. The van der Waals surface area contributed by atoms with E-state index >= 15 is 0 Å². The minimum Gasteiger partial charge on any atom is -0.337 e. The first kappa shape index (κ1) is 12.8. The van der Waals surface area contributed by atoms with Crippen molar-refractivity contribution in [1.82, 2.24) is 5.06 Å². The first-order valence-corrected chi connectivity index (χ1v) is 6.88. The van der Waals surface area contributed by atoms with Gasteiger partial charge in [0.1, 0.15) is 0 Å². The van der Waals surface area contributed by atoms with Crippen molar-refractivity contribution in [2.45, 2.75) is 24.5 Å². The fourth-order valence-electron chi connectivity index (χ4n) is 1.65. The number of β-lactam (4-membered cyclic amide) rings is 1. The molecule has 1 aliphatic heterocycles. The van der Waals surface area contributed by atoms with Gasteiger partial charge in [0.05, 0.1) is 23.0 Å². The molecule has 18 heavy (non-hydrogen) atoms. The average Bonchev–Trinajstić information content (AvgIpc) is 2.34. The van der Waals surface area contributed by atoms with Gasteiger partial charge >= 0.3 is 5.97 Å². The molecule has 5 nitrogen and oxygen atoms in total. The van der Waals surface area contributed by atoms with E-state index < -0.39 is 22.1 Å². The molecule has 0 saturated carbocycles. The van der Waals surface area contributed by atoms with Gasteiger partial charge in [-0.15, -0.1) is 0 Å². The highest BCUT2D eigenvalue weighted by molar-refractivity contribution is 7.84. The van der Waals surface area contributed by atoms with Gasteiger partial charge in [-0.2, -0.15) is 5.06 Å². The van der Waals surface area contributed by atoms with Gasteiger partial charge in [-0.25, -0.2) is 0 Å². The van der Waals surface area contributed by atoms with Crippen molar-refractivity contribution in [2.75, 3.05) is 0 Å². The largest absolute Gasteiger partial charge is 0.337 e. The second-order valence-corrected chi connectivity index (χ2v) is 5.57. The number of carbonyl (C=O) groups is 2. The summed E-state index contributed by atoms with van der Waals surface area (Å²) in [5.74, 6) is -0.544. The van der Waals surface area contributed by atoms with Crippen LogP contribution in [-0.4, -0.2) is 26.5 Å². The summed E-state index contributed by atoms with van der Waals surface area (Å²) in [5, 5.41) is 0.392. The van der Waals surface area contributed by atoms with E-state index in [1.54, 1.807) is 0 Å². The standard InChI is InChI=1S/C12H13NO4S/c1-9(14)17-13-11(15)7-12(13)18(16)8-10-5-3-2-4-6-10/h2-6,12H,7-8H2,1H3. The van der Waals surface area contributed by atoms with E-state index in [0.717, 1.165) is 10.6 Å². The van der Waals surface area contributed by atoms with Crippen LogP contribution in [0.5, 0.6) is 0 Å². The Morgan fingerprint density at radius 3 is 2.67 bits per heavy atom. The van der Waals surface area contributed by atoms with Gasteiger partial charge in [-0.1, -0.05) is 30.3 Å².